The summed E-state index contributed by atoms with van der Waals surface area (Å²) in [5, 5.41) is 2.96. The van der Waals surface area contributed by atoms with Crippen molar-refractivity contribution in [2.75, 3.05) is 19.0 Å². The number of nitrogens with one attached hydrogen (secondary N) is 1. The highest BCUT2D eigenvalue weighted by Crippen LogP contribution is 2.31. The van der Waals surface area contributed by atoms with E-state index in [2.05, 4.69) is 10.3 Å². The minimum absolute atomic E-state index is 0.0820. The zero-order chi connectivity index (χ0) is 21.0. The Morgan fingerprint density at radius 2 is 2.00 bits per heavy atom. The summed E-state index contributed by atoms with van der Waals surface area (Å²) in [4.78, 5) is 31.2. The minimum Gasteiger partial charge on any atom is -0.494 e. The van der Waals surface area contributed by atoms with Crippen molar-refractivity contribution in [3.05, 3.63) is 53.6 Å². The van der Waals surface area contributed by atoms with Crippen LogP contribution in [0.3, 0.4) is 0 Å². The van der Waals surface area contributed by atoms with Crippen LogP contribution in [0, 0.1) is 13.8 Å². The van der Waals surface area contributed by atoms with E-state index in [0.717, 1.165) is 11.3 Å². The molecule has 1 fully saturated rings. The zero-order valence-electron chi connectivity index (χ0n) is 17.1. The number of amides is 2. The molecule has 2 aromatic carbocycles. The van der Waals surface area contributed by atoms with Crippen molar-refractivity contribution in [1.29, 1.82) is 0 Å². The lowest BCUT2D eigenvalue weighted by Gasteiger charge is -2.10. The Morgan fingerprint density at radius 1 is 1.21 bits per heavy atom. The lowest BCUT2D eigenvalue weighted by atomic mass is 10.1. The second-order valence-corrected chi connectivity index (χ2v) is 8.05. The molecule has 7 heteroatoms. The van der Waals surface area contributed by atoms with Crippen LogP contribution < -0.4 is 10.1 Å². The Kier molecular flexibility index (Phi) is 6.59. The lowest BCUT2D eigenvalue weighted by molar-refractivity contribution is -0.127. The summed E-state index contributed by atoms with van der Waals surface area (Å²) in [6.45, 7) is 6.54. The van der Waals surface area contributed by atoms with Crippen LogP contribution in [0.15, 0.2) is 47.5 Å². The van der Waals surface area contributed by atoms with Crippen LogP contribution in [-0.2, 0) is 9.59 Å². The van der Waals surface area contributed by atoms with Crippen LogP contribution in [0.4, 0.5) is 11.4 Å². The fraction of sp³-hybridized carbons (Fsp3) is 0.318. The maximum absolute atomic E-state index is 12.6. The summed E-state index contributed by atoms with van der Waals surface area (Å²) in [6.07, 6.45) is 0.0820. The van der Waals surface area contributed by atoms with E-state index in [4.69, 9.17) is 4.74 Å². The van der Waals surface area contributed by atoms with Gasteiger partial charge in [0.2, 0.25) is 11.8 Å². The van der Waals surface area contributed by atoms with Gasteiger partial charge in [0.05, 0.1) is 12.3 Å². The van der Waals surface area contributed by atoms with Crippen molar-refractivity contribution in [2.24, 2.45) is 4.99 Å². The van der Waals surface area contributed by atoms with Gasteiger partial charge in [0, 0.05) is 25.2 Å². The topological polar surface area (TPSA) is 71.0 Å². The van der Waals surface area contributed by atoms with Crippen molar-refractivity contribution in [3.63, 3.8) is 0 Å². The SMILES string of the molecule is CCOc1cccc(NC(=O)CC2SC(=Nc3ccc(C)c(C)c3)N(C)C2=O)c1. The molecule has 0 bridgehead atoms. The summed E-state index contributed by atoms with van der Waals surface area (Å²) >= 11 is 1.32. The van der Waals surface area contributed by atoms with E-state index >= 15 is 0 Å². The van der Waals surface area contributed by atoms with Gasteiger partial charge in [-0.1, -0.05) is 23.9 Å². The number of benzene rings is 2. The number of thioether (sulfide) groups is 1. The fourth-order valence-corrected chi connectivity index (χ4v) is 4.07. The number of nitrogens with zero attached hydrogens (tertiary/aromatic N) is 2. The second kappa shape index (κ2) is 9.13. The van der Waals surface area contributed by atoms with Gasteiger partial charge >= 0.3 is 0 Å². The number of hydrogen-bond donors (Lipinski definition) is 1. The van der Waals surface area contributed by atoms with Crippen LogP contribution in [0.2, 0.25) is 0 Å². The van der Waals surface area contributed by atoms with Gasteiger partial charge in [0.1, 0.15) is 11.0 Å². The van der Waals surface area contributed by atoms with Crippen molar-refractivity contribution >= 4 is 40.1 Å². The van der Waals surface area contributed by atoms with Crippen molar-refractivity contribution < 1.29 is 14.3 Å². The van der Waals surface area contributed by atoms with Gasteiger partial charge in [-0.15, -0.1) is 0 Å². The van der Waals surface area contributed by atoms with Gasteiger partial charge < -0.3 is 10.1 Å². The first-order valence-electron chi connectivity index (χ1n) is 9.50. The quantitative estimate of drug-likeness (QED) is 0.770. The van der Waals surface area contributed by atoms with Gasteiger partial charge in [0.25, 0.3) is 0 Å². The standard InChI is InChI=1S/C22H25N3O3S/c1-5-28-18-8-6-7-16(12-18)23-20(26)13-19-21(27)25(4)22(29-19)24-17-10-9-14(2)15(3)11-17/h6-12,19H,5,13H2,1-4H3,(H,23,26). The number of amidine groups is 1. The molecule has 152 valence electrons. The molecular weight excluding hydrogens is 386 g/mol. The molecule has 0 saturated carbocycles. The average Bonchev–Trinajstić information content (AvgIpc) is 2.93. The molecule has 29 heavy (non-hydrogen) atoms. The average molecular weight is 412 g/mol. The van der Waals surface area contributed by atoms with Crippen molar-refractivity contribution in [1.82, 2.24) is 4.90 Å². The smallest absolute Gasteiger partial charge is 0.242 e. The molecule has 1 saturated heterocycles. The highest BCUT2D eigenvalue weighted by Gasteiger charge is 2.37. The molecule has 0 aromatic heterocycles. The summed E-state index contributed by atoms with van der Waals surface area (Å²) in [5.41, 5.74) is 3.79. The Bertz CT molecular complexity index is 958. The predicted molar refractivity (Wildman–Crippen MR) is 118 cm³/mol. The Labute approximate surface area is 175 Å². The minimum atomic E-state index is -0.486. The van der Waals surface area contributed by atoms with Gasteiger partial charge in [0.15, 0.2) is 5.17 Å². The molecule has 0 aliphatic carbocycles. The highest BCUT2D eigenvalue weighted by atomic mass is 32.2. The number of hydrogen-bond acceptors (Lipinski definition) is 5. The first kappa shape index (κ1) is 20.9. The van der Waals surface area contributed by atoms with Crippen LogP contribution in [-0.4, -0.2) is 40.8 Å². The first-order chi connectivity index (χ1) is 13.9. The molecule has 1 heterocycles. The molecule has 3 rings (SSSR count). The number of anilines is 1. The molecule has 6 nitrogen and oxygen atoms in total. The third-order valence-corrected chi connectivity index (χ3v) is 5.88. The molecule has 1 unspecified atom stereocenters. The van der Waals surface area contributed by atoms with Gasteiger partial charge in [-0.2, -0.15) is 0 Å². The summed E-state index contributed by atoms with van der Waals surface area (Å²) < 4.78 is 5.45. The van der Waals surface area contributed by atoms with Gasteiger partial charge in [-0.3, -0.25) is 14.5 Å². The summed E-state index contributed by atoms with van der Waals surface area (Å²) in [6, 6.07) is 13.1. The summed E-state index contributed by atoms with van der Waals surface area (Å²) in [5.74, 6) is 0.361. The van der Waals surface area contributed by atoms with E-state index in [0.29, 0.717) is 23.2 Å². The third-order valence-electron chi connectivity index (χ3n) is 4.66. The monoisotopic (exact) mass is 411 g/mol. The maximum Gasteiger partial charge on any atom is 0.242 e. The largest absolute Gasteiger partial charge is 0.494 e. The first-order valence-corrected chi connectivity index (χ1v) is 10.4. The van der Waals surface area contributed by atoms with Crippen LogP contribution in [0.5, 0.6) is 5.75 Å². The van der Waals surface area contributed by atoms with Crippen LogP contribution in [0.25, 0.3) is 0 Å². The zero-order valence-corrected chi connectivity index (χ0v) is 17.9. The lowest BCUT2D eigenvalue weighted by Crippen LogP contribution is -2.30. The third kappa shape index (κ3) is 5.17. The number of aryl methyl sites for hydroxylation is 2. The highest BCUT2D eigenvalue weighted by molar-refractivity contribution is 8.15. The van der Waals surface area contributed by atoms with E-state index < -0.39 is 5.25 Å². The molecule has 1 N–H and O–H groups in total. The number of carbonyl (C=O) groups is 2. The molecule has 1 aliphatic heterocycles. The molecule has 0 radical (unpaired) electrons. The predicted octanol–water partition coefficient (Wildman–Crippen LogP) is 4.29. The number of rotatable bonds is 6. The van der Waals surface area contributed by atoms with E-state index in [1.54, 1.807) is 19.2 Å². The number of carbonyl (C=O) groups excluding carboxylic acids is 2. The van der Waals surface area contributed by atoms with E-state index in [9.17, 15) is 9.59 Å². The van der Waals surface area contributed by atoms with E-state index in [-0.39, 0.29) is 18.2 Å². The fourth-order valence-electron chi connectivity index (χ4n) is 2.91. The van der Waals surface area contributed by atoms with Gasteiger partial charge in [-0.25, -0.2) is 4.99 Å². The Balaban J connectivity index is 1.66. The Morgan fingerprint density at radius 3 is 2.72 bits per heavy atom. The molecule has 0 spiro atoms. The Hall–Kier alpha value is -2.80. The number of ether oxygens (including phenoxy) is 1. The molecular formula is C22H25N3O3S. The summed E-state index contributed by atoms with van der Waals surface area (Å²) in [7, 11) is 1.69. The number of aliphatic imine (C=N–C) groups is 1. The molecule has 2 aromatic rings. The molecule has 1 atom stereocenters. The molecule has 1 aliphatic rings. The van der Waals surface area contributed by atoms with Crippen LogP contribution in [0.1, 0.15) is 24.5 Å². The second-order valence-electron chi connectivity index (χ2n) is 6.88. The molecule has 2 amide bonds. The normalized spacial score (nSPS) is 17.7. The van der Waals surface area contributed by atoms with Crippen LogP contribution >= 0.6 is 11.8 Å². The van der Waals surface area contributed by atoms with Crippen molar-refractivity contribution in [2.45, 2.75) is 32.4 Å². The van der Waals surface area contributed by atoms with Gasteiger partial charge in [-0.05, 0) is 56.2 Å². The maximum atomic E-state index is 12.6. The van der Waals surface area contributed by atoms with E-state index in [1.807, 2.05) is 51.1 Å². The van der Waals surface area contributed by atoms with Crippen molar-refractivity contribution in [3.8, 4) is 5.75 Å². The van der Waals surface area contributed by atoms with E-state index in [1.165, 1.54) is 22.2 Å².